The van der Waals surface area contributed by atoms with Gasteiger partial charge in [0.1, 0.15) is 0 Å². The summed E-state index contributed by atoms with van der Waals surface area (Å²) in [6.45, 7) is 1.95. The highest BCUT2D eigenvalue weighted by molar-refractivity contribution is 6.30. The maximum absolute atomic E-state index is 10.2. The zero-order valence-corrected chi connectivity index (χ0v) is 9.03. The lowest BCUT2D eigenvalue weighted by Crippen LogP contribution is -1.84. The summed E-state index contributed by atoms with van der Waals surface area (Å²) in [4.78, 5) is 10.2. The van der Waals surface area contributed by atoms with Crippen LogP contribution in [-0.2, 0) is 4.79 Å². The Morgan fingerprint density at radius 3 is 2.73 bits per heavy atom. The number of carboxylic acid groups (broad SMARTS) is 1. The molecule has 0 saturated carbocycles. The fourth-order valence-corrected chi connectivity index (χ4v) is 1.35. The minimum atomic E-state index is -0.951. The third kappa shape index (κ3) is 4.00. The van der Waals surface area contributed by atoms with Crippen molar-refractivity contribution in [3.05, 3.63) is 52.6 Å². The van der Waals surface area contributed by atoms with E-state index in [-0.39, 0.29) is 0 Å². The molecule has 1 aromatic carbocycles. The minimum Gasteiger partial charge on any atom is -0.478 e. The number of rotatable bonds is 3. The second-order valence-corrected chi connectivity index (χ2v) is 3.49. The molecule has 0 unspecified atom stereocenters. The molecule has 0 amide bonds. The van der Waals surface area contributed by atoms with E-state index in [2.05, 4.69) is 0 Å². The first kappa shape index (κ1) is 11.5. The number of carboxylic acids is 1. The Morgan fingerprint density at radius 1 is 1.40 bits per heavy atom. The highest BCUT2D eigenvalue weighted by Crippen LogP contribution is 2.16. The van der Waals surface area contributed by atoms with Crippen molar-refractivity contribution in [1.82, 2.24) is 0 Å². The van der Waals surface area contributed by atoms with Gasteiger partial charge in [0.25, 0.3) is 0 Å². The predicted molar refractivity (Wildman–Crippen MR) is 62.0 cm³/mol. The molecule has 0 aliphatic heterocycles. The lowest BCUT2D eigenvalue weighted by molar-refractivity contribution is -0.131. The van der Waals surface area contributed by atoms with Gasteiger partial charge in [-0.25, -0.2) is 4.79 Å². The van der Waals surface area contributed by atoms with Gasteiger partial charge in [0.05, 0.1) is 0 Å². The molecule has 0 aliphatic rings. The van der Waals surface area contributed by atoms with Crippen LogP contribution in [-0.4, -0.2) is 11.1 Å². The van der Waals surface area contributed by atoms with Crippen molar-refractivity contribution in [2.75, 3.05) is 0 Å². The monoisotopic (exact) mass is 222 g/mol. The van der Waals surface area contributed by atoms with E-state index in [4.69, 9.17) is 16.7 Å². The molecule has 15 heavy (non-hydrogen) atoms. The third-order valence-electron chi connectivity index (χ3n) is 1.86. The normalized spacial score (nSPS) is 11.3. The summed E-state index contributed by atoms with van der Waals surface area (Å²) in [7, 11) is 0. The molecule has 78 valence electrons. The quantitative estimate of drug-likeness (QED) is 0.629. The first-order chi connectivity index (χ1) is 7.09. The highest BCUT2D eigenvalue weighted by atomic mass is 35.5. The maximum atomic E-state index is 10.2. The fraction of sp³-hybridized carbons (Fsp3) is 0.0833. The second kappa shape index (κ2) is 5.37. The average Bonchev–Trinajstić information content (AvgIpc) is 2.14. The topological polar surface area (TPSA) is 37.3 Å². The van der Waals surface area contributed by atoms with E-state index in [0.29, 0.717) is 5.02 Å². The number of hydrogen-bond acceptors (Lipinski definition) is 1. The molecule has 3 heteroatoms. The zero-order chi connectivity index (χ0) is 11.3. The van der Waals surface area contributed by atoms with Crippen molar-refractivity contribution in [3.8, 4) is 0 Å². The molecular formula is C12H11ClO2. The predicted octanol–water partition coefficient (Wildman–Crippen LogP) is 3.30. The van der Waals surface area contributed by atoms with Gasteiger partial charge in [-0.05, 0) is 30.2 Å². The standard InChI is InChI=1S/C12H11ClO2/c1-9-8-11(13)7-6-10(9)4-2-3-5-12(14)15/h2-8H,1H3,(H,14,15)/b4-2+,5-3+. The van der Waals surface area contributed by atoms with Crippen molar-refractivity contribution >= 4 is 23.6 Å². The average molecular weight is 223 g/mol. The van der Waals surface area contributed by atoms with E-state index in [1.54, 1.807) is 12.1 Å². The molecule has 0 radical (unpaired) electrons. The van der Waals surface area contributed by atoms with Crippen molar-refractivity contribution in [1.29, 1.82) is 0 Å². The van der Waals surface area contributed by atoms with Gasteiger partial charge in [-0.1, -0.05) is 35.9 Å². The molecule has 0 aliphatic carbocycles. The van der Waals surface area contributed by atoms with Gasteiger partial charge in [0.15, 0.2) is 0 Å². The van der Waals surface area contributed by atoms with Crippen LogP contribution in [0.5, 0.6) is 0 Å². The molecule has 0 saturated heterocycles. The number of aliphatic carboxylic acids is 1. The number of halogens is 1. The number of aryl methyl sites for hydroxylation is 1. The molecule has 1 rings (SSSR count). The first-order valence-electron chi connectivity index (χ1n) is 4.43. The SMILES string of the molecule is Cc1cc(Cl)ccc1/C=C/C=C/C(=O)O. The molecule has 0 bridgehead atoms. The van der Waals surface area contributed by atoms with Crippen LogP contribution in [0.15, 0.2) is 36.4 Å². The van der Waals surface area contributed by atoms with Crippen LogP contribution in [0.4, 0.5) is 0 Å². The molecule has 0 atom stereocenters. The highest BCUT2D eigenvalue weighted by Gasteiger charge is 1.93. The number of hydrogen-bond donors (Lipinski definition) is 1. The summed E-state index contributed by atoms with van der Waals surface area (Å²) in [5.74, 6) is -0.951. The Balaban J connectivity index is 2.77. The van der Waals surface area contributed by atoms with Crippen molar-refractivity contribution in [3.63, 3.8) is 0 Å². The van der Waals surface area contributed by atoms with Gasteiger partial charge in [-0.2, -0.15) is 0 Å². The van der Waals surface area contributed by atoms with Crippen LogP contribution in [0.25, 0.3) is 6.08 Å². The minimum absolute atomic E-state index is 0.700. The summed E-state index contributed by atoms with van der Waals surface area (Å²) in [5.41, 5.74) is 2.08. The van der Waals surface area contributed by atoms with Gasteiger partial charge < -0.3 is 5.11 Å². The molecule has 1 N–H and O–H groups in total. The molecular weight excluding hydrogens is 212 g/mol. The smallest absolute Gasteiger partial charge is 0.328 e. The first-order valence-corrected chi connectivity index (χ1v) is 4.81. The zero-order valence-electron chi connectivity index (χ0n) is 8.27. The van der Waals surface area contributed by atoms with E-state index < -0.39 is 5.97 Å². The Kier molecular flexibility index (Phi) is 4.13. The Bertz CT molecular complexity index is 420. The summed E-state index contributed by atoms with van der Waals surface area (Å²) < 4.78 is 0. The number of allylic oxidation sites excluding steroid dienone is 2. The van der Waals surface area contributed by atoms with Gasteiger partial charge >= 0.3 is 5.97 Å². The molecule has 1 aromatic rings. The van der Waals surface area contributed by atoms with Crippen LogP contribution in [0.2, 0.25) is 5.02 Å². The largest absolute Gasteiger partial charge is 0.478 e. The summed E-state index contributed by atoms with van der Waals surface area (Å²) in [5, 5.41) is 9.06. The van der Waals surface area contributed by atoms with Crippen LogP contribution < -0.4 is 0 Å². The van der Waals surface area contributed by atoms with Gasteiger partial charge in [0, 0.05) is 11.1 Å². The van der Waals surface area contributed by atoms with E-state index in [0.717, 1.165) is 17.2 Å². The third-order valence-corrected chi connectivity index (χ3v) is 2.09. The molecule has 2 nitrogen and oxygen atoms in total. The van der Waals surface area contributed by atoms with Gasteiger partial charge in [-0.3, -0.25) is 0 Å². The van der Waals surface area contributed by atoms with Crippen LogP contribution in [0.3, 0.4) is 0 Å². The van der Waals surface area contributed by atoms with Crippen LogP contribution in [0, 0.1) is 6.92 Å². The Hall–Kier alpha value is -1.54. The Morgan fingerprint density at radius 2 is 2.13 bits per heavy atom. The van der Waals surface area contributed by atoms with E-state index in [1.807, 2.05) is 25.1 Å². The summed E-state index contributed by atoms with van der Waals surface area (Å²) >= 11 is 5.80. The molecule has 0 spiro atoms. The molecule has 0 heterocycles. The number of benzene rings is 1. The van der Waals surface area contributed by atoms with E-state index >= 15 is 0 Å². The second-order valence-electron chi connectivity index (χ2n) is 3.06. The fourth-order valence-electron chi connectivity index (χ4n) is 1.12. The summed E-state index contributed by atoms with van der Waals surface area (Å²) in [6.07, 6.45) is 6.09. The van der Waals surface area contributed by atoms with E-state index in [1.165, 1.54) is 6.08 Å². The van der Waals surface area contributed by atoms with Crippen LogP contribution in [0.1, 0.15) is 11.1 Å². The lowest BCUT2D eigenvalue weighted by Gasteiger charge is -1.99. The van der Waals surface area contributed by atoms with Gasteiger partial charge in [-0.15, -0.1) is 0 Å². The number of carbonyl (C=O) groups is 1. The maximum Gasteiger partial charge on any atom is 0.328 e. The van der Waals surface area contributed by atoms with Crippen molar-refractivity contribution < 1.29 is 9.90 Å². The van der Waals surface area contributed by atoms with E-state index in [9.17, 15) is 4.79 Å². The Labute approximate surface area is 93.5 Å². The lowest BCUT2D eigenvalue weighted by atomic mass is 10.1. The molecule has 0 aromatic heterocycles. The van der Waals surface area contributed by atoms with Crippen molar-refractivity contribution in [2.45, 2.75) is 6.92 Å². The van der Waals surface area contributed by atoms with Gasteiger partial charge in [0.2, 0.25) is 0 Å². The summed E-state index contributed by atoms with van der Waals surface area (Å²) in [6, 6.07) is 5.56. The van der Waals surface area contributed by atoms with Crippen LogP contribution >= 0.6 is 11.6 Å². The molecule has 0 fully saturated rings. The van der Waals surface area contributed by atoms with Crippen molar-refractivity contribution in [2.24, 2.45) is 0 Å².